The minimum Gasteiger partial charge on any atom is -0.372 e. The minimum absolute atomic E-state index is 0.526. The zero-order valence-electron chi connectivity index (χ0n) is 17.3. The highest BCUT2D eigenvalue weighted by atomic mass is 15.2. The number of hydrogen-bond donors (Lipinski definition) is 2. The second-order valence-corrected chi connectivity index (χ2v) is 6.59. The van der Waals surface area contributed by atoms with Gasteiger partial charge in [-0.15, -0.1) is 0 Å². The molecule has 4 nitrogen and oxygen atoms in total. The first-order valence-electron chi connectivity index (χ1n) is 9.97. The summed E-state index contributed by atoms with van der Waals surface area (Å²) in [6, 6.07) is 0.532. The molecular weight excluding hydrogens is 308 g/mol. The predicted molar refractivity (Wildman–Crippen MR) is 111 cm³/mol. The highest BCUT2D eigenvalue weighted by Gasteiger charge is 2.26. The Kier molecular flexibility index (Phi) is 9.58. The summed E-state index contributed by atoms with van der Waals surface area (Å²) in [5.41, 5.74) is 4.01. The van der Waals surface area contributed by atoms with Gasteiger partial charge in [0.25, 0.3) is 0 Å². The van der Waals surface area contributed by atoms with Crippen LogP contribution in [0.15, 0.2) is 40.3 Å². The molecule has 0 aromatic heterocycles. The van der Waals surface area contributed by atoms with Crippen molar-refractivity contribution in [2.75, 3.05) is 19.6 Å². The molecule has 2 aliphatic heterocycles. The third-order valence-electron chi connectivity index (χ3n) is 4.78. The first-order valence-corrected chi connectivity index (χ1v) is 9.97. The lowest BCUT2D eigenvalue weighted by molar-refractivity contribution is 0.255. The topological polar surface area (TPSA) is 39.7 Å². The van der Waals surface area contributed by atoms with Gasteiger partial charge in [-0.25, -0.2) is 4.99 Å². The average Bonchev–Trinajstić information content (AvgIpc) is 3.06. The molecule has 4 heteroatoms. The van der Waals surface area contributed by atoms with E-state index in [0.29, 0.717) is 12.0 Å². The highest BCUT2D eigenvalue weighted by molar-refractivity contribution is 6.05. The molecule has 2 unspecified atom stereocenters. The molecule has 0 bridgehead atoms. The minimum atomic E-state index is 0.526. The van der Waals surface area contributed by atoms with Gasteiger partial charge in [0.1, 0.15) is 5.84 Å². The molecular formula is C21H38N4. The van der Waals surface area contributed by atoms with Gasteiger partial charge in [0.2, 0.25) is 0 Å². The van der Waals surface area contributed by atoms with E-state index in [2.05, 4.69) is 67.4 Å². The monoisotopic (exact) mass is 346 g/mol. The van der Waals surface area contributed by atoms with Gasteiger partial charge in [0, 0.05) is 43.1 Å². The molecule has 25 heavy (non-hydrogen) atoms. The van der Waals surface area contributed by atoms with Gasteiger partial charge >= 0.3 is 0 Å². The summed E-state index contributed by atoms with van der Waals surface area (Å²) in [4.78, 5) is 7.17. The van der Waals surface area contributed by atoms with Crippen molar-refractivity contribution in [1.82, 2.24) is 15.5 Å². The van der Waals surface area contributed by atoms with Crippen LogP contribution in [0.25, 0.3) is 0 Å². The fraction of sp³-hybridized carbons (Fsp3) is 0.667. The number of nitrogens with one attached hydrogen (secondary N) is 2. The van der Waals surface area contributed by atoms with E-state index in [1.807, 2.05) is 20.0 Å². The summed E-state index contributed by atoms with van der Waals surface area (Å²) < 4.78 is 0. The molecule has 0 saturated carbocycles. The molecule has 2 atom stereocenters. The van der Waals surface area contributed by atoms with Gasteiger partial charge < -0.3 is 15.5 Å². The summed E-state index contributed by atoms with van der Waals surface area (Å²) in [6.07, 6.45) is 8.36. The molecule has 2 N–H and O–H groups in total. The van der Waals surface area contributed by atoms with Crippen molar-refractivity contribution in [2.45, 2.75) is 67.3 Å². The molecule has 0 aromatic rings. The standard InChI is InChI=1S/C19H32N4.C2H6/c1-6-8-9-21-19-18(17(12-22-19)14(3)7-2)16(5)23-11-10-20-15(4)13-23;1-2/h8-9,12,14-15,20H,6-7,10-11,13H2,1-5H3,(H,21,22);1-2H3/b9-8+,18-16+;. The Bertz CT molecular complexity index is 528. The number of allylic oxidation sites excluding steroid dienone is 2. The van der Waals surface area contributed by atoms with Gasteiger partial charge in [-0.05, 0) is 44.4 Å². The summed E-state index contributed by atoms with van der Waals surface area (Å²) >= 11 is 0. The van der Waals surface area contributed by atoms with Crippen LogP contribution in [-0.2, 0) is 0 Å². The Morgan fingerprint density at radius 3 is 2.76 bits per heavy atom. The fourth-order valence-electron chi connectivity index (χ4n) is 3.13. The Hall–Kier alpha value is -1.55. The number of aliphatic imine (C=N–C) groups is 1. The van der Waals surface area contributed by atoms with Crippen LogP contribution in [0.5, 0.6) is 0 Å². The van der Waals surface area contributed by atoms with Crippen LogP contribution >= 0.6 is 0 Å². The van der Waals surface area contributed by atoms with E-state index in [1.165, 1.54) is 16.8 Å². The molecule has 142 valence electrons. The summed E-state index contributed by atoms with van der Waals surface area (Å²) in [5, 5.41) is 6.91. The number of amidine groups is 1. The van der Waals surface area contributed by atoms with Crippen LogP contribution in [0.3, 0.4) is 0 Å². The van der Waals surface area contributed by atoms with E-state index in [9.17, 15) is 0 Å². The highest BCUT2D eigenvalue weighted by Crippen LogP contribution is 2.31. The molecule has 0 spiro atoms. The predicted octanol–water partition coefficient (Wildman–Crippen LogP) is 4.44. The zero-order valence-corrected chi connectivity index (χ0v) is 17.3. The summed E-state index contributed by atoms with van der Waals surface area (Å²) in [7, 11) is 0. The van der Waals surface area contributed by atoms with Crippen molar-refractivity contribution in [1.29, 1.82) is 0 Å². The van der Waals surface area contributed by atoms with Crippen molar-refractivity contribution in [3.63, 3.8) is 0 Å². The molecule has 0 amide bonds. The van der Waals surface area contributed by atoms with Crippen LogP contribution < -0.4 is 10.6 Å². The van der Waals surface area contributed by atoms with E-state index >= 15 is 0 Å². The number of rotatable bonds is 5. The lowest BCUT2D eigenvalue weighted by atomic mass is 9.91. The van der Waals surface area contributed by atoms with E-state index in [0.717, 1.165) is 38.3 Å². The van der Waals surface area contributed by atoms with Gasteiger partial charge in [-0.2, -0.15) is 0 Å². The van der Waals surface area contributed by atoms with Crippen molar-refractivity contribution < 1.29 is 0 Å². The van der Waals surface area contributed by atoms with Crippen LogP contribution in [0.2, 0.25) is 0 Å². The molecule has 1 saturated heterocycles. The Morgan fingerprint density at radius 2 is 2.16 bits per heavy atom. The van der Waals surface area contributed by atoms with Gasteiger partial charge in [0.05, 0.1) is 0 Å². The maximum Gasteiger partial charge on any atom is 0.139 e. The third-order valence-corrected chi connectivity index (χ3v) is 4.78. The van der Waals surface area contributed by atoms with Crippen molar-refractivity contribution in [3.05, 3.63) is 35.3 Å². The smallest absolute Gasteiger partial charge is 0.139 e. The second kappa shape index (κ2) is 11.1. The van der Waals surface area contributed by atoms with E-state index < -0.39 is 0 Å². The van der Waals surface area contributed by atoms with Crippen molar-refractivity contribution >= 4 is 5.84 Å². The Balaban J connectivity index is 0.00000151. The molecule has 0 aliphatic carbocycles. The van der Waals surface area contributed by atoms with Crippen molar-refractivity contribution in [2.24, 2.45) is 10.9 Å². The quantitative estimate of drug-likeness (QED) is 0.773. The lowest BCUT2D eigenvalue weighted by Crippen LogP contribution is -2.48. The Labute approximate surface area is 155 Å². The molecule has 2 aliphatic rings. The molecule has 0 aromatic carbocycles. The summed E-state index contributed by atoms with van der Waals surface area (Å²) in [5.74, 6) is 1.52. The normalized spacial score (nSPS) is 23.6. The summed E-state index contributed by atoms with van der Waals surface area (Å²) in [6.45, 7) is 18.3. The SMILES string of the molecule is CC.CC/C=C/NC1=NC=C(C(C)CC)/C1=C(/C)N1CCNC(C)C1. The lowest BCUT2D eigenvalue weighted by Gasteiger charge is -2.35. The number of nitrogens with zero attached hydrogens (tertiary/aromatic N) is 2. The molecule has 1 fully saturated rings. The van der Waals surface area contributed by atoms with E-state index in [4.69, 9.17) is 0 Å². The van der Waals surface area contributed by atoms with Crippen LogP contribution in [0.1, 0.15) is 61.3 Å². The van der Waals surface area contributed by atoms with Crippen LogP contribution in [-0.4, -0.2) is 36.4 Å². The van der Waals surface area contributed by atoms with Gasteiger partial charge in [-0.3, -0.25) is 0 Å². The van der Waals surface area contributed by atoms with Crippen LogP contribution in [0.4, 0.5) is 0 Å². The fourth-order valence-corrected chi connectivity index (χ4v) is 3.13. The van der Waals surface area contributed by atoms with Gasteiger partial charge in [0.15, 0.2) is 0 Å². The zero-order chi connectivity index (χ0) is 18.8. The first-order chi connectivity index (χ1) is 12.1. The first kappa shape index (κ1) is 21.5. The molecule has 2 rings (SSSR count). The van der Waals surface area contributed by atoms with Crippen molar-refractivity contribution in [3.8, 4) is 0 Å². The molecule has 0 radical (unpaired) electrons. The second-order valence-electron chi connectivity index (χ2n) is 6.59. The number of piperazine rings is 1. The van der Waals surface area contributed by atoms with E-state index in [1.54, 1.807) is 0 Å². The maximum absolute atomic E-state index is 4.67. The average molecular weight is 347 g/mol. The maximum atomic E-state index is 4.67. The van der Waals surface area contributed by atoms with E-state index in [-0.39, 0.29) is 0 Å². The Morgan fingerprint density at radius 1 is 1.44 bits per heavy atom. The third kappa shape index (κ3) is 5.74. The van der Waals surface area contributed by atoms with Crippen LogP contribution in [0, 0.1) is 5.92 Å². The number of hydrogen-bond acceptors (Lipinski definition) is 4. The largest absolute Gasteiger partial charge is 0.372 e. The molecule has 2 heterocycles. The van der Waals surface area contributed by atoms with Gasteiger partial charge in [-0.1, -0.05) is 40.7 Å².